The lowest BCUT2D eigenvalue weighted by Crippen LogP contribution is -2.25. The summed E-state index contributed by atoms with van der Waals surface area (Å²) in [6, 6.07) is 11.2. The van der Waals surface area contributed by atoms with Crippen molar-refractivity contribution in [3.05, 3.63) is 58.3 Å². The van der Waals surface area contributed by atoms with Crippen LogP contribution < -0.4 is 5.32 Å². The number of amides is 1. The van der Waals surface area contributed by atoms with Crippen molar-refractivity contribution in [2.75, 3.05) is 6.54 Å². The van der Waals surface area contributed by atoms with E-state index in [0.717, 1.165) is 5.56 Å². The third kappa shape index (κ3) is 3.42. The predicted octanol–water partition coefficient (Wildman–Crippen LogP) is 2.60. The quantitative estimate of drug-likeness (QED) is 0.869. The van der Waals surface area contributed by atoms with Crippen LogP contribution in [0.15, 0.2) is 47.2 Å². The summed E-state index contributed by atoms with van der Waals surface area (Å²) in [5, 5.41) is 16.4. The second-order valence-electron chi connectivity index (χ2n) is 3.98. The number of benzene rings is 1. The Hall–Kier alpha value is -1.65. The van der Waals surface area contributed by atoms with Gasteiger partial charge in [-0.05, 0) is 23.4 Å². The van der Waals surface area contributed by atoms with Crippen LogP contribution in [0.4, 0.5) is 0 Å². The minimum Gasteiger partial charge on any atom is -0.388 e. The highest BCUT2D eigenvalue weighted by molar-refractivity contribution is 7.08. The first-order valence-corrected chi connectivity index (χ1v) is 6.75. The van der Waals surface area contributed by atoms with Gasteiger partial charge in [0.15, 0.2) is 0 Å². The first-order chi connectivity index (χ1) is 8.77. The summed E-state index contributed by atoms with van der Waals surface area (Å²) in [5.74, 6) is -0.0866. The Morgan fingerprint density at radius 1 is 1.28 bits per heavy atom. The summed E-state index contributed by atoms with van der Waals surface area (Å²) in [6.07, 6.45) is -0.0196. The Bertz CT molecular complexity index is 482. The highest BCUT2D eigenvalue weighted by Crippen LogP contribution is 2.15. The van der Waals surface area contributed by atoms with Crippen LogP contribution >= 0.6 is 11.3 Å². The molecule has 3 nitrogen and oxygen atoms in total. The second-order valence-corrected chi connectivity index (χ2v) is 4.76. The van der Waals surface area contributed by atoms with E-state index in [1.807, 2.05) is 41.1 Å². The number of nitrogens with one attached hydrogen (secondary N) is 1. The number of rotatable bonds is 5. The molecule has 94 valence electrons. The molecule has 1 unspecified atom stereocenters. The van der Waals surface area contributed by atoms with Gasteiger partial charge in [0, 0.05) is 17.5 Å². The molecule has 0 spiro atoms. The number of aliphatic hydroxyl groups excluding tert-OH is 1. The molecule has 0 aliphatic heterocycles. The zero-order valence-corrected chi connectivity index (χ0v) is 10.7. The van der Waals surface area contributed by atoms with E-state index in [2.05, 4.69) is 5.32 Å². The summed E-state index contributed by atoms with van der Waals surface area (Å²) in [7, 11) is 0. The second kappa shape index (κ2) is 6.33. The van der Waals surface area contributed by atoms with E-state index in [1.165, 1.54) is 11.3 Å². The molecule has 2 aromatic rings. The number of carbonyl (C=O) groups excluding carboxylic acids is 1. The van der Waals surface area contributed by atoms with Crippen molar-refractivity contribution >= 4 is 17.2 Å². The summed E-state index contributed by atoms with van der Waals surface area (Å²) < 4.78 is 0. The predicted molar refractivity (Wildman–Crippen MR) is 72.7 cm³/mol. The molecule has 0 bridgehead atoms. The van der Waals surface area contributed by atoms with Crippen molar-refractivity contribution in [2.45, 2.75) is 12.5 Å². The van der Waals surface area contributed by atoms with Gasteiger partial charge in [0.2, 0.25) is 0 Å². The van der Waals surface area contributed by atoms with Gasteiger partial charge in [-0.2, -0.15) is 11.3 Å². The zero-order valence-electron chi connectivity index (χ0n) is 9.87. The molecule has 18 heavy (non-hydrogen) atoms. The van der Waals surface area contributed by atoms with E-state index < -0.39 is 6.10 Å². The lowest BCUT2D eigenvalue weighted by atomic mass is 10.1. The van der Waals surface area contributed by atoms with Gasteiger partial charge in [0.05, 0.1) is 6.10 Å². The molecule has 1 aromatic carbocycles. The molecule has 0 saturated carbocycles. The molecule has 1 amide bonds. The van der Waals surface area contributed by atoms with Gasteiger partial charge in [-0.1, -0.05) is 30.3 Å². The largest absolute Gasteiger partial charge is 0.388 e. The Morgan fingerprint density at radius 2 is 2.06 bits per heavy atom. The SMILES string of the molecule is O=C(NCCC(O)c1ccccc1)c1ccsc1. The van der Waals surface area contributed by atoms with Crippen LogP contribution in [0.2, 0.25) is 0 Å². The maximum atomic E-state index is 11.6. The highest BCUT2D eigenvalue weighted by Gasteiger charge is 2.08. The average Bonchev–Trinajstić information content (AvgIpc) is 2.93. The Balaban J connectivity index is 1.77. The third-order valence-electron chi connectivity index (χ3n) is 2.67. The number of hydrogen-bond donors (Lipinski definition) is 2. The third-order valence-corrected chi connectivity index (χ3v) is 3.35. The zero-order chi connectivity index (χ0) is 12.8. The Labute approximate surface area is 110 Å². The molecule has 0 aliphatic carbocycles. The summed E-state index contributed by atoms with van der Waals surface area (Å²) in [6.45, 7) is 0.463. The first-order valence-electron chi connectivity index (χ1n) is 5.81. The molecular formula is C14H15NO2S. The molecule has 0 aliphatic rings. The normalized spacial score (nSPS) is 12.1. The smallest absolute Gasteiger partial charge is 0.252 e. The molecule has 1 atom stereocenters. The lowest BCUT2D eigenvalue weighted by molar-refractivity contribution is 0.0943. The standard InChI is InChI=1S/C14H15NO2S/c16-13(11-4-2-1-3-5-11)6-8-15-14(17)12-7-9-18-10-12/h1-5,7,9-10,13,16H,6,8H2,(H,15,17). The average molecular weight is 261 g/mol. The van der Waals surface area contributed by atoms with Crippen molar-refractivity contribution in [2.24, 2.45) is 0 Å². The molecule has 0 radical (unpaired) electrons. The Morgan fingerprint density at radius 3 is 2.72 bits per heavy atom. The van der Waals surface area contributed by atoms with Gasteiger partial charge >= 0.3 is 0 Å². The van der Waals surface area contributed by atoms with E-state index >= 15 is 0 Å². The van der Waals surface area contributed by atoms with Crippen LogP contribution in [0.3, 0.4) is 0 Å². The molecule has 2 N–H and O–H groups in total. The monoisotopic (exact) mass is 261 g/mol. The van der Waals surface area contributed by atoms with Gasteiger partial charge in [-0.25, -0.2) is 0 Å². The van der Waals surface area contributed by atoms with Crippen LogP contribution in [-0.2, 0) is 0 Å². The molecule has 0 saturated heterocycles. The van der Waals surface area contributed by atoms with Gasteiger partial charge in [0.1, 0.15) is 0 Å². The van der Waals surface area contributed by atoms with E-state index in [9.17, 15) is 9.90 Å². The van der Waals surface area contributed by atoms with Crippen LogP contribution in [0.25, 0.3) is 0 Å². The number of carbonyl (C=O) groups is 1. The maximum Gasteiger partial charge on any atom is 0.252 e. The van der Waals surface area contributed by atoms with E-state index in [-0.39, 0.29) is 5.91 Å². The van der Waals surface area contributed by atoms with Crippen molar-refractivity contribution in [1.29, 1.82) is 0 Å². The summed E-state index contributed by atoms with van der Waals surface area (Å²) in [5.41, 5.74) is 1.55. The van der Waals surface area contributed by atoms with Crippen molar-refractivity contribution in [3.63, 3.8) is 0 Å². The van der Waals surface area contributed by atoms with Crippen LogP contribution in [-0.4, -0.2) is 17.6 Å². The fourth-order valence-electron chi connectivity index (χ4n) is 1.66. The lowest BCUT2D eigenvalue weighted by Gasteiger charge is -2.11. The first kappa shape index (κ1) is 12.8. The summed E-state index contributed by atoms with van der Waals surface area (Å²) in [4.78, 5) is 11.6. The van der Waals surface area contributed by atoms with E-state index in [1.54, 1.807) is 6.07 Å². The number of aliphatic hydroxyl groups is 1. The van der Waals surface area contributed by atoms with Crippen molar-refractivity contribution in [1.82, 2.24) is 5.32 Å². The van der Waals surface area contributed by atoms with Gasteiger partial charge < -0.3 is 10.4 Å². The molecule has 2 rings (SSSR count). The van der Waals surface area contributed by atoms with Gasteiger partial charge in [-0.3, -0.25) is 4.79 Å². The topological polar surface area (TPSA) is 49.3 Å². The van der Waals surface area contributed by atoms with Crippen LogP contribution in [0, 0.1) is 0 Å². The van der Waals surface area contributed by atoms with Gasteiger partial charge in [-0.15, -0.1) is 0 Å². The molecule has 0 fully saturated rings. The van der Waals surface area contributed by atoms with Crippen LogP contribution in [0.5, 0.6) is 0 Å². The van der Waals surface area contributed by atoms with Gasteiger partial charge in [0.25, 0.3) is 5.91 Å². The number of thiophene rings is 1. The van der Waals surface area contributed by atoms with E-state index in [4.69, 9.17) is 0 Å². The minimum atomic E-state index is -0.533. The Kier molecular flexibility index (Phi) is 4.50. The van der Waals surface area contributed by atoms with E-state index in [0.29, 0.717) is 18.5 Å². The fraction of sp³-hybridized carbons (Fsp3) is 0.214. The fourth-order valence-corrected chi connectivity index (χ4v) is 2.30. The van der Waals surface area contributed by atoms with Crippen molar-refractivity contribution < 1.29 is 9.90 Å². The molecule has 4 heteroatoms. The molecular weight excluding hydrogens is 246 g/mol. The highest BCUT2D eigenvalue weighted by atomic mass is 32.1. The molecule has 1 aromatic heterocycles. The summed E-state index contributed by atoms with van der Waals surface area (Å²) >= 11 is 1.49. The van der Waals surface area contributed by atoms with Crippen molar-refractivity contribution in [3.8, 4) is 0 Å². The maximum absolute atomic E-state index is 11.6. The minimum absolute atomic E-state index is 0.0866. The van der Waals surface area contributed by atoms with Crippen LogP contribution in [0.1, 0.15) is 28.4 Å². The molecule has 1 heterocycles. The number of hydrogen-bond acceptors (Lipinski definition) is 3.